The van der Waals surface area contributed by atoms with Crippen LogP contribution in [0.1, 0.15) is 66.2 Å². The van der Waals surface area contributed by atoms with Crippen LogP contribution in [-0.2, 0) is 4.74 Å². The molecule has 0 heterocycles. The van der Waals surface area contributed by atoms with Gasteiger partial charge in [-0.25, -0.2) is 0 Å². The summed E-state index contributed by atoms with van der Waals surface area (Å²) in [6.45, 7) is 9.95. The monoisotopic (exact) mass is 260 g/mol. The van der Waals surface area contributed by atoms with Gasteiger partial charge >= 0.3 is 0 Å². The molecule has 1 saturated carbocycles. The molecule has 4 unspecified atom stereocenters. The molecule has 0 bridgehead atoms. The molecule has 17 heavy (non-hydrogen) atoms. The van der Waals surface area contributed by atoms with E-state index in [2.05, 4.69) is 27.7 Å². The first kappa shape index (κ1) is 15.3. The van der Waals surface area contributed by atoms with E-state index in [1.807, 2.05) is 0 Å². The zero-order valence-electron chi connectivity index (χ0n) is 12.0. The summed E-state index contributed by atoms with van der Waals surface area (Å²) in [6.07, 6.45) is 7.72. The van der Waals surface area contributed by atoms with Crippen molar-refractivity contribution in [1.82, 2.24) is 0 Å². The van der Waals surface area contributed by atoms with Crippen LogP contribution in [0.5, 0.6) is 0 Å². The summed E-state index contributed by atoms with van der Waals surface area (Å²) in [6, 6.07) is 0. The van der Waals surface area contributed by atoms with Gasteiger partial charge in [-0.15, -0.1) is 11.6 Å². The summed E-state index contributed by atoms with van der Waals surface area (Å²) < 4.78 is 6.12. The van der Waals surface area contributed by atoms with Crippen molar-refractivity contribution in [2.24, 2.45) is 11.3 Å². The molecule has 2 heteroatoms. The molecule has 1 aliphatic rings. The third-order valence-electron chi connectivity index (χ3n) is 4.71. The van der Waals surface area contributed by atoms with Crippen molar-refractivity contribution in [2.75, 3.05) is 6.61 Å². The quantitative estimate of drug-likeness (QED) is 0.557. The van der Waals surface area contributed by atoms with E-state index in [4.69, 9.17) is 16.3 Å². The Balaban J connectivity index is 2.30. The highest BCUT2D eigenvalue weighted by Crippen LogP contribution is 2.49. The SMILES string of the molecule is CCCCC(CC)COC1CC(Cl)C1(C)CC. The average Bonchev–Trinajstić information content (AvgIpc) is 2.36. The molecule has 1 fully saturated rings. The second-order valence-corrected chi connectivity index (χ2v) is 6.33. The first-order chi connectivity index (χ1) is 8.08. The lowest BCUT2D eigenvalue weighted by Crippen LogP contribution is -2.53. The van der Waals surface area contributed by atoms with Gasteiger partial charge in [0, 0.05) is 17.4 Å². The van der Waals surface area contributed by atoms with Gasteiger partial charge in [-0.2, -0.15) is 0 Å². The van der Waals surface area contributed by atoms with Crippen LogP contribution in [0.4, 0.5) is 0 Å². The second kappa shape index (κ2) is 6.99. The largest absolute Gasteiger partial charge is 0.377 e. The summed E-state index contributed by atoms with van der Waals surface area (Å²) in [5.74, 6) is 0.741. The van der Waals surface area contributed by atoms with E-state index in [9.17, 15) is 0 Å². The zero-order chi connectivity index (χ0) is 12.9. The van der Waals surface area contributed by atoms with E-state index >= 15 is 0 Å². The Morgan fingerprint density at radius 1 is 1.35 bits per heavy atom. The Hall–Kier alpha value is 0.250. The molecule has 1 nitrogen and oxygen atoms in total. The van der Waals surface area contributed by atoms with Crippen LogP contribution < -0.4 is 0 Å². The fraction of sp³-hybridized carbons (Fsp3) is 1.00. The minimum Gasteiger partial charge on any atom is -0.377 e. The lowest BCUT2D eigenvalue weighted by atomic mass is 9.65. The minimum absolute atomic E-state index is 0.213. The Morgan fingerprint density at radius 2 is 2.06 bits per heavy atom. The van der Waals surface area contributed by atoms with Crippen molar-refractivity contribution in [3.8, 4) is 0 Å². The van der Waals surface area contributed by atoms with Gasteiger partial charge in [-0.3, -0.25) is 0 Å². The van der Waals surface area contributed by atoms with Gasteiger partial charge in [-0.05, 0) is 25.2 Å². The van der Waals surface area contributed by atoms with E-state index in [0.29, 0.717) is 11.5 Å². The van der Waals surface area contributed by atoms with Crippen molar-refractivity contribution in [3.63, 3.8) is 0 Å². The van der Waals surface area contributed by atoms with Crippen LogP contribution >= 0.6 is 11.6 Å². The van der Waals surface area contributed by atoms with Crippen molar-refractivity contribution < 1.29 is 4.74 Å². The normalized spacial score (nSPS) is 34.4. The molecule has 1 rings (SSSR count). The first-order valence-corrected chi connectivity index (χ1v) is 7.77. The van der Waals surface area contributed by atoms with Gasteiger partial charge < -0.3 is 4.74 Å². The molecule has 0 aliphatic heterocycles. The molecule has 0 radical (unpaired) electrons. The number of ether oxygens (including phenoxy) is 1. The van der Waals surface area contributed by atoms with Gasteiger partial charge in [0.1, 0.15) is 0 Å². The highest BCUT2D eigenvalue weighted by Gasteiger charge is 2.50. The Bertz CT molecular complexity index is 219. The molecule has 0 N–H and O–H groups in total. The summed E-state index contributed by atoms with van der Waals surface area (Å²) in [5, 5.41) is 0.313. The lowest BCUT2D eigenvalue weighted by molar-refractivity contribution is -0.110. The maximum absolute atomic E-state index is 6.30. The molecule has 0 aromatic rings. The summed E-state index contributed by atoms with van der Waals surface area (Å²) >= 11 is 6.30. The van der Waals surface area contributed by atoms with Crippen LogP contribution in [-0.4, -0.2) is 18.1 Å². The third kappa shape index (κ3) is 3.61. The number of alkyl halides is 1. The van der Waals surface area contributed by atoms with Crippen molar-refractivity contribution in [3.05, 3.63) is 0 Å². The van der Waals surface area contributed by atoms with Crippen LogP contribution in [0.15, 0.2) is 0 Å². The van der Waals surface area contributed by atoms with Crippen LogP contribution in [0.2, 0.25) is 0 Å². The molecular formula is C15H29ClO. The Labute approximate surface area is 112 Å². The van der Waals surface area contributed by atoms with Gasteiger partial charge in [0.25, 0.3) is 0 Å². The standard InChI is InChI=1S/C15H29ClO/c1-5-8-9-12(6-2)11-17-14-10-13(16)15(14,4)7-3/h12-14H,5-11H2,1-4H3. The number of unbranched alkanes of at least 4 members (excludes halogenated alkanes) is 1. The van der Waals surface area contributed by atoms with E-state index < -0.39 is 0 Å². The van der Waals surface area contributed by atoms with Gasteiger partial charge in [0.2, 0.25) is 0 Å². The fourth-order valence-electron chi connectivity index (χ4n) is 2.63. The smallest absolute Gasteiger partial charge is 0.0657 e. The predicted octanol–water partition coefficient (Wildman–Crippen LogP) is 5.02. The molecule has 4 atom stereocenters. The Kier molecular flexibility index (Phi) is 6.30. The maximum atomic E-state index is 6.30. The van der Waals surface area contributed by atoms with Crippen molar-refractivity contribution >= 4 is 11.6 Å². The third-order valence-corrected chi connectivity index (χ3v) is 5.39. The molecule has 0 saturated heterocycles. The first-order valence-electron chi connectivity index (χ1n) is 7.34. The number of hydrogen-bond acceptors (Lipinski definition) is 1. The lowest BCUT2D eigenvalue weighted by Gasteiger charge is -2.51. The van der Waals surface area contributed by atoms with E-state index in [1.54, 1.807) is 0 Å². The molecular weight excluding hydrogens is 232 g/mol. The van der Waals surface area contributed by atoms with E-state index in [1.165, 1.54) is 25.7 Å². The zero-order valence-corrected chi connectivity index (χ0v) is 12.7. The van der Waals surface area contributed by atoms with Crippen molar-refractivity contribution in [1.29, 1.82) is 0 Å². The molecule has 0 aromatic heterocycles. The van der Waals surface area contributed by atoms with E-state index in [0.717, 1.165) is 25.4 Å². The van der Waals surface area contributed by atoms with Gasteiger partial charge in [0.05, 0.1) is 6.10 Å². The molecule has 0 aromatic carbocycles. The van der Waals surface area contributed by atoms with Crippen molar-refractivity contribution in [2.45, 2.75) is 77.7 Å². The van der Waals surface area contributed by atoms with E-state index in [-0.39, 0.29) is 5.41 Å². The van der Waals surface area contributed by atoms with Crippen LogP contribution in [0, 0.1) is 11.3 Å². The molecule has 0 spiro atoms. The highest BCUT2D eigenvalue weighted by molar-refractivity contribution is 6.21. The second-order valence-electron chi connectivity index (χ2n) is 5.80. The number of rotatable bonds is 8. The van der Waals surface area contributed by atoms with Gasteiger partial charge in [0.15, 0.2) is 0 Å². The van der Waals surface area contributed by atoms with Gasteiger partial charge in [-0.1, -0.05) is 47.0 Å². The number of hydrogen-bond donors (Lipinski definition) is 0. The summed E-state index contributed by atoms with van der Waals surface area (Å²) in [7, 11) is 0. The summed E-state index contributed by atoms with van der Waals surface area (Å²) in [5.41, 5.74) is 0.213. The number of halogens is 1. The Morgan fingerprint density at radius 3 is 2.53 bits per heavy atom. The summed E-state index contributed by atoms with van der Waals surface area (Å²) in [4.78, 5) is 0. The minimum atomic E-state index is 0.213. The highest BCUT2D eigenvalue weighted by atomic mass is 35.5. The molecule has 0 amide bonds. The average molecular weight is 261 g/mol. The topological polar surface area (TPSA) is 9.23 Å². The molecule has 1 aliphatic carbocycles. The maximum Gasteiger partial charge on any atom is 0.0657 e. The predicted molar refractivity (Wildman–Crippen MR) is 75.7 cm³/mol. The van der Waals surface area contributed by atoms with Crippen LogP contribution in [0.3, 0.4) is 0 Å². The molecule has 102 valence electrons. The van der Waals surface area contributed by atoms with Crippen LogP contribution in [0.25, 0.3) is 0 Å². The fourth-order valence-corrected chi connectivity index (χ4v) is 3.08.